The van der Waals surface area contributed by atoms with Crippen LogP contribution in [0.15, 0.2) is 0 Å². The summed E-state index contributed by atoms with van der Waals surface area (Å²) < 4.78 is 1.99. The van der Waals surface area contributed by atoms with Crippen molar-refractivity contribution in [2.75, 3.05) is 0 Å². The zero-order valence-corrected chi connectivity index (χ0v) is 12.0. The van der Waals surface area contributed by atoms with Gasteiger partial charge in [-0.15, -0.1) is 0 Å². The molecule has 18 heavy (non-hydrogen) atoms. The van der Waals surface area contributed by atoms with Crippen LogP contribution in [0, 0.1) is 12.8 Å². The van der Waals surface area contributed by atoms with E-state index in [0.29, 0.717) is 6.04 Å². The van der Waals surface area contributed by atoms with Gasteiger partial charge in [-0.1, -0.05) is 30.9 Å². The molecule has 4 nitrogen and oxygen atoms in total. The molecular formula is C13H23ClN4. The maximum atomic E-state index is 6.33. The van der Waals surface area contributed by atoms with Crippen molar-refractivity contribution in [2.45, 2.75) is 58.5 Å². The molecule has 1 heterocycles. The minimum atomic E-state index is 0.300. The molecule has 0 radical (unpaired) electrons. The SMILES string of the molecule is CCn1nc(C)c(Cl)c1CC(CC1CCC1)NN. The number of rotatable bonds is 6. The summed E-state index contributed by atoms with van der Waals surface area (Å²) in [6, 6.07) is 0.300. The third-order valence-corrected chi connectivity index (χ3v) is 4.46. The molecule has 0 aromatic carbocycles. The first-order valence-electron chi connectivity index (χ1n) is 6.83. The van der Waals surface area contributed by atoms with Crippen molar-refractivity contribution in [3.63, 3.8) is 0 Å². The molecule has 1 aromatic heterocycles. The number of nitrogens with one attached hydrogen (secondary N) is 1. The Kier molecular flexibility index (Phi) is 4.65. The second-order valence-corrected chi connectivity index (χ2v) is 5.64. The highest BCUT2D eigenvalue weighted by atomic mass is 35.5. The Hall–Kier alpha value is -0.580. The first-order chi connectivity index (χ1) is 8.65. The summed E-state index contributed by atoms with van der Waals surface area (Å²) >= 11 is 6.33. The molecule has 0 saturated heterocycles. The number of halogens is 1. The number of hydrogen-bond acceptors (Lipinski definition) is 3. The van der Waals surface area contributed by atoms with E-state index >= 15 is 0 Å². The average Bonchev–Trinajstić information content (AvgIpc) is 2.59. The minimum Gasteiger partial charge on any atom is -0.271 e. The Morgan fingerprint density at radius 1 is 1.56 bits per heavy atom. The van der Waals surface area contributed by atoms with Crippen LogP contribution in [0.5, 0.6) is 0 Å². The molecule has 0 spiro atoms. The standard InChI is InChI=1S/C13H23ClN4/c1-3-18-12(13(14)9(2)17-18)8-11(16-15)7-10-5-4-6-10/h10-11,16H,3-8,15H2,1-2H3. The van der Waals surface area contributed by atoms with Gasteiger partial charge in [-0.3, -0.25) is 16.0 Å². The van der Waals surface area contributed by atoms with E-state index < -0.39 is 0 Å². The van der Waals surface area contributed by atoms with Crippen molar-refractivity contribution in [3.05, 3.63) is 16.4 Å². The number of aryl methyl sites for hydroxylation is 2. The van der Waals surface area contributed by atoms with Crippen LogP contribution < -0.4 is 11.3 Å². The van der Waals surface area contributed by atoms with Gasteiger partial charge in [0.25, 0.3) is 0 Å². The lowest BCUT2D eigenvalue weighted by molar-refractivity contribution is 0.258. The Bertz CT molecular complexity index is 398. The second kappa shape index (κ2) is 6.04. The molecule has 1 unspecified atom stereocenters. The topological polar surface area (TPSA) is 55.9 Å². The predicted octanol–water partition coefficient (Wildman–Crippen LogP) is 2.43. The number of hydrogen-bond donors (Lipinski definition) is 2. The van der Waals surface area contributed by atoms with Crippen LogP contribution in [0.25, 0.3) is 0 Å². The summed E-state index contributed by atoms with van der Waals surface area (Å²) in [5.74, 6) is 6.51. The van der Waals surface area contributed by atoms with Gasteiger partial charge in [0.2, 0.25) is 0 Å². The monoisotopic (exact) mass is 270 g/mol. The molecule has 0 aliphatic heterocycles. The molecule has 0 amide bonds. The van der Waals surface area contributed by atoms with E-state index in [4.69, 9.17) is 17.4 Å². The summed E-state index contributed by atoms with van der Waals surface area (Å²) in [6.07, 6.45) is 6.06. The lowest BCUT2D eigenvalue weighted by Gasteiger charge is -2.29. The van der Waals surface area contributed by atoms with Gasteiger partial charge in [-0.2, -0.15) is 5.10 Å². The van der Waals surface area contributed by atoms with E-state index in [0.717, 1.165) is 41.7 Å². The van der Waals surface area contributed by atoms with E-state index in [-0.39, 0.29) is 0 Å². The normalized spacial score (nSPS) is 17.8. The third kappa shape index (κ3) is 2.87. The summed E-state index contributed by atoms with van der Waals surface area (Å²) in [5, 5.41) is 5.24. The van der Waals surface area contributed by atoms with Gasteiger partial charge < -0.3 is 0 Å². The van der Waals surface area contributed by atoms with Gasteiger partial charge in [-0.25, -0.2) is 0 Å². The van der Waals surface area contributed by atoms with Gasteiger partial charge in [0, 0.05) is 19.0 Å². The largest absolute Gasteiger partial charge is 0.271 e. The van der Waals surface area contributed by atoms with Crippen LogP contribution in [-0.4, -0.2) is 15.8 Å². The fourth-order valence-corrected chi connectivity index (χ4v) is 2.85. The van der Waals surface area contributed by atoms with Crippen molar-refractivity contribution < 1.29 is 0 Å². The molecule has 1 aliphatic rings. The fraction of sp³-hybridized carbons (Fsp3) is 0.769. The Morgan fingerprint density at radius 3 is 2.78 bits per heavy atom. The van der Waals surface area contributed by atoms with Crippen LogP contribution in [0.1, 0.15) is 44.0 Å². The zero-order chi connectivity index (χ0) is 13.1. The predicted molar refractivity (Wildman–Crippen MR) is 74.4 cm³/mol. The van der Waals surface area contributed by atoms with E-state index in [1.807, 2.05) is 11.6 Å². The average molecular weight is 271 g/mol. The maximum Gasteiger partial charge on any atom is 0.0847 e. The summed E-state index contributed by atoms with van der Waals surface area (Å²) in [5.41, 5.74) is 4.96. The number of nitrogens with two attached hydrogens (primary N) is 1. The third-order valence-electron chi connectivity index (χ3n) is 3.97. The molecule has 1 fully saturated rings. The number of nitrogens with zero attached hydrogens (tertiary/aromatic N) is 2. The fourth-order valence-electron chi connectivity index (χ4n) is 2.64. The second-order valence-electron chi connectivity index (χ2n) is 5.26. The van der Waals surface area contributed by atoms with E-state index in [9.17, 15) is 0 Å². The molecule has 2 rings (SSSR count). The van der Waals surface area contributed by atoms with Crippen molar-refractivity contribution in [3.8, 4) is 0 Å². The van der Waals surface area contributed by atoms with Crippen LogP contribution >= 0.6 is 11.6 Å². The molecule has 3 N–H and O–H groups in total. The van der Waals surface area contributed by atoms with Gasteiger partial charge >= 0.3 is 0 Å². The van der Waals surface area contributed by atoms with Crippen LogP contribution in [0.2, 0.25) is 5.02 Å². The van der Waals surface area contributed by atoms with Crippen LogP contribution in [-0.2, 0) is 13.0 Å². The van der Waals surface area contributed by atoms with Crippen molar-refractivity contribution in [1.29, 1.82) is 0 Å². The highest BCUT2D eigenvalue weighted by Crippen LogP contribution is 2.31. The highest BCUT2D eigenvalue weighted by Gasteiger charge is 2.24. The van der Waals surface area contributed by atoms with Gasteiger partial charge in [-0.05, 0) is 26.2 Å². The Labute approximate surface area is 114 Å². The smallest absolute Gasteiger partial charge is 0.0847 e. The van der Waals surface area contributed by atoms with E-state index in [1.54, 1.807) is 0 Å². The quantitative estimate of drug-likeness (QED) is 0.617. The minimum absolute atomic E-state index is 0.300. The number of aromatic nitrogens is 2. The van der Waals surface area contributed by atoms with Gasteiger partial charge in [0.05, 0.1) is 16.4 Å². The van der Waals surface area contributed by atoms with Crippen molar-refractivity contribution >= 4 is 11.6 Å². The molecule has 1 aliphatic carbocycles. The molecule has 1 aromatic rings. The zero-order valence-electron chi connectivity index (χ0n) is 11.2. The Balaban J connectivity index is 2.05. The maximum absolute atomic E-state index is 6.33. The van der Waals surface area contributed by atoms with Crippen LogP contribution in [0.4, 0.5) is 0 Å². The summed E-state index contributed by atoms with van der Waals surface area (Å²) in [6.45, 7) is 4.89. The molecule has 0 bridgehead atoms. The van der Waals surface area contributed by atoms with Gasteiger partial charge in [0.1, 0.15) is 0 Å². The highest BCUT2D eigenvalue weighted by molar-refractivity contribution is 6.31. The summed E-state index contributed by atoms with van der Waals surface area (Å²) in [7, 11) is 0. The lowest BCUT2D eigenvalue weighted by atomic mass is 9.80. The van der Waals surface area contributed by atoms with E-state index in [2.05, 4.69) is 17.4 Å². The molecule has 102 valence electrons. The lowest BCUT2D eigenvalue weighted by Crippen LogP contribution is -2.39. The molecule has 1 saturated carbocycles. The van der Waals surface area contributed by atoms with Crippen molar-refractivity contribution in [2.24, 2.45) is 11.8 Å². The first kappa shape index (κ1) is 13.8. The Morgan fingerprint density at radius 2 is 2.28 bits per heavy atom. The number of hydrazine groups is 1. The first-order valence-corrected chi connectivity index (χ1v) is 7.21. The molecule has 5 heteroatoms. The summed E-state index contributed by atoms with van der Waals surface area (Å²) in [4.78, 5) is 0. The van der Waals surface area contributed by atoms with E-state index in [1.165, 1.54) is 19.3 Å². The van der Waals surface area contributed by atoms with Crippen molar-refractivity contribution in [1.82, 2.24) is 15.2 Å². The van der Waals surface area contributed by atoms with Crippen LogP contribution in [0.3, 0.4) is 0 Å². The van der Waals surface area contributed by atoms with Gasteiger partial charge in [0.15, 0.2) is 0 Å². The molecule has 1 atom stereocenters. The molecular weight excluding hydrogens is 248 g/mol.